The van der Waals surface area contributed by atoms with E-state index in [-0.39, 0.29) is 28.4 Å². The maximum Gasteiger partial charge on any atom is 0.261 e. The molecular weight excluding hydrogens is 367 g/mol. The third-order valence-electron chi connectivity index (χ3n) is 4.57. The Morgan fingerprint density at radius 2 is 1.78 bits per heavy atom. The van der Waals surface area contributed by atoms with E-state index < -0.39 is 15.8 Å². The topological polar surface area (TPSA) is 66.5 Å². The van der Waals surface area contributed by atoms with Gasteiger partial charge in [-0.15, -0.1) is 0 Å². The van der Waals surface area contributed by atoms with Crippen LogP contribution in [0.1, 0.15) is 45.1 Å². The molecule has 1 amide bonds. The Bertz CT molecular complexity index is 952. The Labute approximate surface area is 159 Å². The van der Waals surface area contributed by atoms with Gasteiger partial charge in [0.05, 0.1) is 16.3 Å². The molecule has 0 saturated heterocycles. The lowest BCUT2D eigenvalue weighted by atomic mass is 10.0. The third kappa shape index (κ3) is 4.30. The molecule has 2 aromatic carbocycles. The van der Waals surface area contributed by atoms with Gasteiger partial charge in [-0.05, 0) is 48.6 Å². The molecule has 0 spiro atoms. The molecule has 1 saturated carbocycles. The summed E-state index contributed by atoms with van der Waals surface area (Å²) in [6.07, 6.45) is 1.69. The van der Waals surface area contributed by atoms with Crippen molar-refractivity contribution < 1.29 is 17.6 Å². The molecule has 144 valence electrons. The van der Waals surface area contributed by atoms with Crippen LogP contribution in [0.25, 0.3) is 0 Å². The predicted molar refractivity (Wildman–Crippen MR) is 104 cm³/mol. The predicted octanol–water partition coefficient (Wildman–Crippen LogP) is 4.27. The van der Waals surface area contributed by atoms with Crippen LogP contribution in [0.4, 0.5) is 15.8 Å². The van der Waals surface area contributed by atoms with Crippen molar-refractivity contribution in [1.29, 1.82) is 0 Å². The summed E-state index contributed by atoms with van der Waals surface area (Å²) < 4.78 is 41.8. The first-order valence-corrected chi connectivity index (χ1v) is 10.4. The second-order valence-corrected chi connectivity index (χ2v) is 8.79. The number of rotatable bonds is 6. The van der Waals surface area contributed by atoms with Gasteiger partial charge in [-0.1, -0.05) is 26.0 Å². The highest BCUT2D eigenvalue weighted by Crippen LogP contribution is 2.37. The smallest absolute Gasteiger partial charge is 0.261 e. The zero-order valence-corrected chi connectivity index (χ0v) is 16.4. The lowest BCUT2D eigenvalue weighted by molar-refractivity contribution is -0.116. The number of carbonyl (C=O) groups excluding carboxylic acids is 1. The third-order valence-corrected chi connectivity index (χ3v) is 5.95. The summed E-state index contributed by atoms with van der Waals surface area (Å²) >= 11 is 0. The maximum atomic E-state index is 13.8. The molecule has 1 N–H and O–H groups in total. The first-order chi connectivity index (χ1) is 12.7. The molecule has 0 bridgehead atoms. The number of nitrogens with one attached hydrogen (secondary N) is 1. The van der Waals surface area contributed by atoms with Crippen LogP contribution in [0.2, 0.25) is 0 Å². The first kappa shape index (κ1) is 19.4. The normalized spacial score (nSPS) is 14.3. The molecule has 0 atom stereocenters. The van der Waals surface area contributed by atoms with Gasteiger partial charge in [0.25, 0.3) is 10.0 Å². The molecule has 1 aliphatic carbocycles. The Morgan fingerprint density at radius 3 is 2.30 bits per heavy atom. The number of halogens is 1. The van der Waals surface area contributed by atoms with Gasteiger partial charge in [0.15, 0.2) is 0 Å². The highest BCUT2D eigenvalue weighted by atomic mass is 32.2. The molecule has 1 fully saturated rings. The van der Waals surface area contributed by atoms with Crippen LogP contribution in [0.3, 0.4) is 0 Å². The van der Waals surface area contributed by atoms with Crippen LogP contribution in [0.15, 0.2) is 47.4 Å². The fourth-order valence-electron chi connectivity index (χ4n) is 2.99. The lowest BCUT2D eigenvalue weighted by Crippen LogP contribution is -2.31. The van der Waals surface area contributed by atoms with Gasteiger partial charge in [-0.2, -0.15) is 0 Å². The molecule has 0 unspecified atom stereocenters. The Morgan fingerprint density at radius 1 is 1.15 bits per heavy atom. The molecule has 0 aliphatic heterocycles. The number of anilines is 2. The molecule has 27 heavy (non-hydrogen) atoms. The largest absolute Gasteiger partial charge is 0.308 e. The number of sulfonamides is 1. The quantitative estimate of drug-likeness (QED) is 0.801. The van der Waals surface area contributed by atoms with Gasteiger partial charge in [0, 0.05) is 19.0 Å². The summed E-state index contributed by atoms with van der Waals surface area (Å²) in [7, 11) is -3.91. The van der Waals surface area contributed by atoms with E-state index >= 15 is 0 Å². The average Bonchev–Trinajstić information content (AvgIpc) is 3.41. The van der Waals surface area contributed by atoms with Gasteiger partial charge in [-0.25, -0.2) is 12.8 Å². The average molecular weight is 390 g/mol. The molecular formula is C20H23FN2O3S. The number of nitrogens with zero attached hydrogens (tertiary/aromatic N) is 1. The summed E-state index contributed by atoms with van der Waals surface area (Å²) in [6.45, 7) is 5.47. The second-order valence-electron chi connectivity index (χ2n) is 7.11. The van der Waals surface area contributed by atoms with E-state index in [0.717, 1.165) is 24.5 Å². The van der Waals surface area contributed by atoms with E-state index in [4.69, 9.17) is 0 Å². The Hall–Kier alpha value is -2.41. The van der Waals surface area contributed by atoms with Crippen molar-refractivity contribution in [2.75, 3.05) is 9.62 Å². The van der Waals surface area contributed by atoms with Crippen molar-refractivity contribution in [1.82, 2.24) is 0 Å². The monoisotopic (exact) mass is 390 g/mol. The molecule has 0 radical (unpaired) electrons. The minimum absolute atomic E-state index is 0.0292. The van der Waals surface area contributed by atoms with Gasteiger partial charge < -0.3 is 4.90 Å². The summed E-state index contributed by atoms with van der Waals surface area (Å²) in [6, 6.07) is 10.4. The van der Waals surface area contributed by atoms with Gasteiger partial charge in [0.2, 0.25) is 5.91 Å². The van der Waals surface area contributed by atoms with Crippen LogP contribution < -0.4 is 9.62 Å². The summed E-state index contributed by atoms with van der Waals surface area (Å²) in [5.74, 6) is -0.496. The Balaban J connectivity index is 1.96. The van der Waals surface area contributed by atoms with Crippen molar-refractivity contribution in [3.8, 4) is 0 Å². The highest BCUT2D eigenvalue weighted by molar-refractivity contribution is 7.92. The number of hydrogen-bond acceptors (Lipinski definition) is 3. The van der Waals surface area contributed by atoms with Gasteiger partial charge >= 0.3 is 0 Å². The minimum Gasteiger partial charge on any atom is -0.308 e. The number of carbonyl (C=O) groups is 1. The van der Waals surface area contributed by atoms with Gasteiger partial charge in [0.1, 0.15) is 5.82 Å². The van der Waals surface area contributed by atoms with Gasteiger partial charge in [-0.3, -0.25) is 9.52 Å². The fourth-order valence-corrected chi connectivity index (χ4v) is 4.06. The van der Waals surface area contributed by atoms with Crippen LogP contribution in [-0.4, -0.2) is 20.4 Å². The first-order valence-electron chi connectivity index (χ1n) is 8.91. The molecule has 3 rings (SSSR count). The van der Waals surface area contributed by atoms with Crippen molar-refractivity contribution in [2.45, 2.75) is 50.5 Å². The van der Waals surface area contributed by atoms with Crippen molar-refractivity contribution in [3.05, 3.63) is 53.8 Å². The van der Waals surface area contributed by atoms with Crippen LogP contribution in [-0.2, 0) is 14.8 Å². The van der Waals surface area contributed by atoms with E-state index in [9.17, 15) is 17.6 Å². The molecule has 0 aromatic heterocycles. The standard InChI is InChI=1S/C20H23FN2O3S/c1-13(2)15-4-9-18(10-5-15)27(25,26)22-19-12-16(21)6-11-20(19)23(14(3)24)17-7-8-17/h4-6,9-13,17,22H,7-8H2,1-3H3. The summed E-state index contributed by atoms with van der Waals surface area (Å²) in [4.78, 5) is 13.7. The van der Waals surface area contributed by atoms with Crippen molar-refractivity contribution >= 4 is 27.3 Å². The fraction of sp³-hybridized carbons (Fsp3) is 0.350. The van der Waals surface area contributed by atoms with E-state index in [0.29, 0.717) is 5.69 Å². The van der Waals surface area contributed by atoms with Crippen molar-refractivity contribution in [2.24, 2.45) is 0 Å². The van der Waals surface area contributed by atoms with E-state index in [1.54, 1.807) is 12.1 Å². The Kier molecular flexibility index (Phi) is 5.24. The van der Waals surface area contributed by atoms with Crippen LogP contribution in [0, 0.1) is 5.82 Å². The summed E-state index contributed by atoms with van der Waals surface area (Å²) in [5, 5.41) is 0. The van der Waals surface area contributed by atoms with E-state index in [1.807, 2.05) is 13.8 Å². The van der Waals surface area contributed by atoms with Crippen LogP contribution in [0.5, 0.6) is 0 Å². The maximum absolute atomic E-state index is 13.8. The zero-order valence-electron chi connectivity index (χ0n) is 15.6. The molecule has 2 aromatic rings. The molecule has 1 aliphatic rings. The van der Waals surface area contributed by atoms with E-state index in [1.165, 1.54) is 36.1 Å². The minimum atomic E-state index is -3.91. The number of hydrogen-bond donors (Lipinski definition) is 1. The number of benzene rings is 2. The molecule has 7 heteroatoms. The SMILES string of the molecule is CC(=O)N(c1ccc(F)cc1NS(=O)(=O)c1ccc(C(C)C)cc1)C1CC1. The molecule has 5 nitrogen and oxygen atoms in total. The summed E-state index contributed by atoms with van der Waals surface area (Å²) in [5.41, 5.74) is 1.45. The number of amides is 1. The zero-order chi connectivity index (χ0) is 19.8. The van der Waals surface area contributed by atoms with Crippen molar-refractivity contribution in [3.63, 3.8) is 0 Å². The molecule has 0 heterocycles. The van der Waals surface area contributed by atoms with Crippen LogP contribution >= 0.6 is 0 Å². The van der Waals surface area contributed by atoms with E-state index in [2.05, 4.69) is 4.72 Å². The lowest BCUT2D eigenvalue weighted by Gasteiger charge is -2.24. The highest BCUT2D eigenvalue weighted by Gasteiger charge is 2.34. The second kappa shape index (κ2) is 7.31.